The monoisotopic (exact) mass is 366 g/mol. The molecule has 6 nitrogen and oxygen atoms in total. The summed E-state index contributed by atoms with van der Waals surface area (Å²) in [5, 5.41) is 3.17. The zero-order chi connectivity index (χ0) is 17.9. The van der Waals surface area contributed by atoms with Crippen LogP contribution in [-0.4, -0.2) is 33.5 Å². The Hall–Kier alpha value is -2.99. The van der Waals surface area contributed by atoms with Crippen LogP contribution < -0.4 is 10.1 Å². The number of amides is 1. The van der Waals surface area contributed by atoms with E-state index in [0.29, 0.717) is 17.3 Å². The van der Waals surface area contributed by atoms with Gasteiger partial charge in [-0.3, -0.25) is 14.8 Å². The van der Waals surface area contributed by atoms with Gasteiger partial charge in [-0.1, -0.05) is 11.6 Å². The van der Waals surface area contributed by atoms with E-state index in [1.54, 1.807) is 24.7 Å². The fraction of sp³-hybridized carbons (Fsp3) is 0.158. The number of nitrogens with one attached hydrogen (secondary N) is 1. The van der Waals surface area contributed by atoms with Crippen LogP contribution in [0.25, 0.3) is 11.3 Å². The van der Waals surface area contributed by atoms with Crippen molar-refractivity contribution in [2.24, 2.45) is 0 Å². The third-order valence-corrected chi connectivity index (χ3v) is 4.35. The predicted octanol–water partition coefficient (Wildman–Crippen LogP) is 2.93. The Morgan fingerprint density at radius 3 is 2.92 bits per heavy atom. The van der Waals surface area contributed by atoms with Crippen LogP contribution in [-0.2, 0) is 6.42 Å². The number of benzene rings is 1. The molecule has 7 heteroatoms. The van der Waals surface area contributed by atoms with Crippen molar-refractivity contribution in [1.82, 2.24) is 20.3 Å². The molecule has 0 spiro atoms. The van der Waals surface area contributed by atoms with E-state index in [1.807, 2.05) is 12.1 Å². The Labute approximate surface area is 155 Å². The number of ether oxygens (including phenoxy) is 1. The van der Waals surface area contributed by atoms with Gasteiger partial charge in [0.1, 0.15) is 17.0 Å². The topological polar surface area (TPSA) is 77.0 Å². The molecule has 1 aliphatic rings. The van der Waals surface area contributed by atoms with Crippen molar-refractivity contribution in [1.29, 1.82) is 0 Å². The second-order valence-electron chi connectivity index (χ2n) is 5.93. The average Bonchev–Trinajstić information content (AvgIpc) is 3.09. The summed E-state index contributed by atoms with van der Waals surface area (Å²) in [6, 6.07) is 9.11. The summed E-state index contributed by atoms with van der Waals surface area (Å²) < 4.78 is 5.92. The van der Waals surface area contributed by atoms with Gasteiger partial charge in [-0.2, -0.15) is 0 Å². The first-order chi connectivity index (χ1) is 12.7. The Kier molecular flexibility index (Phi) is 4.50. The maximum absolute atomic E-state index is 12.2. The third kappa shape index (κ3) is 3.50. The van der Waals surface area contributed by atoms with Crippen molar-refractivity contribution in [3.05, 3.63) is 71.4 Å². The standard InChI is InChI=1S/C19H15ClN4O2/c20-18-9-13(3-4-23-18)19(25)24-10-15-8-14-7-12(1-2-17(14)26-15)16-11-21-5-6-22-16/h1-7,9,11,15H,8,10H2,(H,24,25). The van der Waals surface area contributed by atoms with Gasteiger partial charge < -0.3 is 10.1 Å². The van der Waals surface area contributed by atoms with Crippen molar-refractivity contribution >= 4 is 17.5 Å². The molecule has 0 bridgehead atoms. The second kappa shape index (κ2) is 7.09. The molecule has 1 aliphatic heterocycles. The summed E-state index contributed by atoms with van der Waals surface area (Å²) in [7, 11) is 0. The lowest BCUT2D eigenvalue weighted by Gasteiger charge is -2.12. The molecule has 4 rings (SSSR count). The van der Waals surface area contributed by atoms with Crippen LogP contribution >= 0.6 is 11.6 Å². The molecule has 1 amide bonds. The summed E-state index contributed by atoms with van der Waals surface area (Å²) in [5.74, 6) is 0.637. The van der Waals surface area contributed by atoms with Crippen LogP contribution in [0.4, 0.5) is 0 Å². The molecule has 1 unspecified atom stereocenters. The highest BCUT2D eigenvalue weighted by Gasteiger charge is 2.24. The van der Waals surface area contributed by atoms with Gasteiger partial charge in [-0.05, 0) is 35.9 Å². The van der Waals surface area contributed by atoms with Crippen molar-refractivity contribution in [3.8, 4) is 17.0 Å². The second-order valence-corrected chi connectivity index (χ2v) is 6.32. The first kappa shape index (κ1) is 16.5. The highest BCUT2D eigenvalue weighted by molar-refractivity contribution is 6.29. The van der Waals surface area contributed by atoms with E-state index < -0.39 is 0 Å². The molecule has 0 saturated carbocycles. The van der Waals surface area contributed by atoms with Gasteiger partial charge in [0.25, 0.3) is 5.91 Å². The third-order valence-electron chi connectivity index (χ3n) is 4.14. The van der Waals surface area contributed by atoms with E-state index in [4.69, 9.17) is 16.3 Å². The van der Waals surface area contributed by atoms with Gasteiger partial charge in [-0.15, -0.1) is 0 Å². The Morgan fingerprint density at radius 2 is 2.12 bits per heavy atom. The van der Waals surface area contributed by atoms with Crippen LogP contribution in [0.3, 0.4) is 0 Å². The molecule has 0 aliphatic carbocycles. The molecule has 26 heavy (non-hydrogen) atoms. The molecule has 130 valence electrons. The van der Waals surface area contributed by atoms with Crippen molar-refractivity contribution in [3.63, 3.8) is 0 Å². The first-order valence-corrected chi connectivity index (χ1v) is 8.52. The first-order valence-electron chi connectivity index (χ1n) is 8.15. The average molecular weight is 367 g/mol. The molecule has 1 aromatic carbocycles. The number of nitrogens with zero attached hydrogens (tertiary/aromatic N) is 3. The van der Waals surface area contributed by atoms with Gasteiger partial charge >= 0.3 is 0 Å². The lowest BCUT2D eigenvalue weighted by Crippen LogP contribution is -2.34. The number of pyridine rings is 1. The number of carbonyl (C=O) groups is 1. The molecule has 0 radical (unpaired) electrons. The Balaban J connectivity index is 1.40. The van der Waals surface area contributed by atoms with Crippen LogP contribution in [0.15, 0.2) is 55.1 Å². The molecule has 1 N–H and O–H groups in total. The Morgan fingerprint density at radius 1 is 1.19 bits per heavy atom. The summed E-state index contributed by atoms with van der Waals surface area (Å²) in [6.45, 7) is 0.411. The largest absolute Gasteiger partial charge is 0.488 e. The SMILES string of the molecule is O=C(NCC1Cc2cc(-c3cnccn3)ccc2O1)c1ccnc(Cl)c1. The van der Waals surface area contributed by atoms with E-state index in [9.17, 15) is 4.79 Å². The molecule has 0 saturated heterocycles. The smallest absolute Gasteiger partial charge is 0.251 e. The van der Waals surface area contributed by atoms with Crippen LogP contribution in [0.1, 0.15) is 15.9 Å². The number of fused-ring (bicyclic) bond motifs is 1. The molecule has 1 atom stereocenters. The summed E-state index contributed by atoms with van der Waals surface area (Å²) in [5.41, 5.74) is 3.39. The van der Waals surface area contributed by atoms with Gasteiger partial charge in [0.2, 0.25) is 0 Å². The van der Waals surface area contributed by atoms with Gasteiger partial charge in [0.15, 0.2) is 0 Å². The zero-order valence-electron chi connectivity index (χ0n) is 13.7. The number of aromatic nitrogens is 3. The van der Waals surface area contributed by atoms with Crippen LogP contribution in [0.2, 0.25) is 5.15 Å². The predicted molar refractivity (Wildman–Crippen MR) is 97.2 cm³/mol. The van der Waals surface area contributed by atoms with Gasteiger partial charge in [0.05, 0.1) is 18.4 Å². The van der Waals surface area contributed by atoms with E-state index in [2.05, 4.69) is 26.3 Å². The van der Waals surface area contributed by atoms with Gasteiger partial charge in [-0.25, -0.2) is 4.98 Å². The fourth-order valence-corrected chi connectivity index (χ4v) is 3.07. The summed E-state index contributed by atoms with van der Waals surface area (Å²) >= 11 is 5.82. The molecular formula is C19H15ClN4O2. The minimum absolute atomic E-state index is 0.108. The van der Waals surface area contributed by atoms with Crippen molar-refractivity contribution in [2.75, 3.05) is 6.54 Å². The fourth-order valence-electron chi connectivity index (χ4n) is 2.89. The number of carbonyl (C=O) groups excluding carboxylic acids is 1. The molecule has 0 fully saturated rings. The Bertz CT molecular complexity index is 949. The van der Waals surface area contributed by atoms with Crippen LogP contribution in [0.5, 0.6) is 5.75 Å². The lowest BCUT2D eigenvalue weighted by molar-refractivity contribution is 0.0933. The summed E-state index contributed by atoms with van der Waals surface area (Å²) in [4.78, 5) is 24.5. The van der Waals surface area contributed by atoms with E-state index in [0.717, 1.165) is 29.0 Å². The molecule has 2 aromatic heterocycles. The molecule has 3 aromatic rings. The minimum Gasteiger partial charge on any atom is -0.488 e. The van der Waals surface area contributed by atoms with Crippen molar-refractivity contribution < 1.29 is 9.53 Å². The number of halogens is 1. The zero-order valence-corrected chi connectivity index (χ0v) is 14.5. The number of hydrogen-bond donors (Lipinski definition) is 1. The minimum atomic E-state index is -0.200. The highest BCUT2D eigenvalue weighted by atomic mass is 35.5. The van der Waals surface area contributed by atoms with Crippen molar-refractivity contribution in [2.45, 2.75) is 12.5 Å². The van der Waals surface area contributed by atoms with Crippen LogP contribution in [0, 0.1) is 0 Å². The molecular weight excluding hydrogens is 352 g/mol. The maximum Gasteiger partial charge on any atom is 0.251 e. The van der Waals surface area contributed by atoms with E-state index >= 15 is 0 Å². The highest BCUT2D eigenvalue weighted by Crippen LogP contribution is 2.32. The van der Waals surface area contributed by atoms with E-state index in [1.165, 1.54) is 12.3 Å². The number of rotatable bonds is 4. The normalized spacial score (nSPS) is 15.2. The molecule has 3 heterocycles. The van der Waals surface area contributed by atoms with Gasteiger partial charge in [0, 0.05) is 36.1 Å². The summed E-state index contributed by atoms with van der Waals surface area (Å²) in [6.07, 6.45) is 7.17. The lowest BCUT2D eigenvalue weighted by atomic mass is 10.0. The quantitative estimate of drug-likeness (QED) is 0.718. The number of hydrogen-bond acceptors (Lipinski definition) is 5. The maximum atomic E-state index is 12.2. The van der Waals surface area contributed by atoms with E-state index in [-0.39, 0.29) is 12.0 Å².